The second-order valence-electron chi connectivity index (χ2n) is 4.77. The van der Waals surface area contributed by atoms with Gasteiger partial charge >= 0.3 is 0 Å². The first-order chi connectivity index (χ1) is 7.79. The fourth-order valence-electron chi connectivity index (χ4n) is 2.76. The van der Waals surface area contributed by atoms with Crippen molar-refractivity contribution in [3.8, 4) is 0 Å². The highest BCUT2D eigenvalue weighted by Crippen LogP contribution is 2.27. The molecular formula is C14H20IN. The van der Waals surface area contributed by atoms with Gasteiger partial charge in [0.2, 0.25) is 0 Å². The number of nitrogens with one attached hydrogen (secondary N) is 1. The molecule has 1 aromatic carbocycles. The van der Waals surface area contributed by atoms with Crippen molar-refractivity contribution in [1.29, 1.82) is 0 Å². The molecule has 1 aliphatic rings. The van der Waals surface area contributed by atoms with E-state index in [1.165, 1.54) is 41.2 Å². The van der Waals surface area contributed by atoms with Crippen molar-refractivity contribution in [3.05, 3.63) is 33.4 Å². The maximum absolute atomic E-state index is 3.48. The molecule has 16 heavy (non-hydrogen) atoms. The van der Waals surface area contributed by atoms with Crippen LogP contribution < -0.4 is 5.32 Å². The van der Waals surface area contributed by atoms with Crippen LogP contribution in [0.2, 0.25) is 0 Å². The zero-order valence-electron chi connectivity index (χ0n) is 9.88. The summed E-state index contributed by atoms with van der Waals surface area (Å²) in [6, 6.07) is 9.72. The largest absolute Gasteiger partial charge is 0.317 e. The van der Waals surface area contributed by atoms with Gasteiger partial charge in [0.25, 0.3) is 0 Å². The van der Waals surface area contributed by atoms with E-state index < -0.39 is 0 Å². The van der Waals surface area contributed by atoms with Crippen LogP contribution in [0.15, 0.2) is 24.3 Å². The Morgan fingerprint density at radius 3 is 2.56 bits per heavy atom. The van der Waals surface area contributed by atoms with E-state index in [9.17, 15) is 0 Å². The van der Waals surface area contributed by atoms with Crippen LogP contribution in [0, 0.1) is 9.49 Å². The standard InChI is InChI=1S/C14H20IN/c1-16-14-5-3-2-4-12(14)10-11-6-8-13(15)9-7-11/h6-9,12,14,16H,2-5,10H2,1H3. The molecule has 0 amide bonds. The Hall–Kier alpha value is -0.0900. The van der Waals surface area contributed by atoms with E-state index in [1.54, 1.807) is 0 Å². The minimum atomic E-state index is 0.730. The van der Waals surface area contributed by atoms with Crippen molar-refractivity contribution in [2.45, 2.75) is 38.1 Å². The van der Waals surface area contributed by atoms with Crippen LogP contribution in [0.3, 0.4) is 0 Å². The molecular weight excluding hydrogens is 309 g/mol. The summed E-state index contributed by atoms with van der Waals surface area (Å²) in [7, 11) is 2.11. The molecule has 88 valence electrons. The van der Waals surface area contributed by atoms with Gasteiger partial charge in [0.05, 0.1) is 0 Å². The quantitative estimate of drug-likeness (QED) is 0.836. The molecule has 2 rings (SSSR count). The molecule has 0 spiro atoms. The minimum absolute atomic E-state index is 0.730. The summed E-state index contributed by atoms with van der Waals surface area (Å²) in [4.78, 5) is 0. The molecule has 0 radical (unpaired) electrons. The number of halogens is 1. The van der Waals surface area contributed by atoms with Crippen LogP contribution in [-0.4, -0.2) is 13.1 Å². The fraction of sp³-hybridized carbons (Fsp3) is 0.571. The number of hydrogen-bond acceptors (Lipinski definition) is 1. The molecule has 2 atom stereocenters. The summed E-state index contributed by atoms with van der Waals surface area (Å²) in [5.74, 6) is 0.832. The maximum atomic E-state index is 3.48. The lowest BCUT2D eigenvalue weighted by molar-refractivity contribution is 0.273. The predicted octanol–water partition coefficient (Wildman–Crippen LogP) is 3.61. The van der Waals surface area contributed by atoms with Crippen molar-refractivity contribution in [1.82, 2.24) is 5.32 Å². The third kappa shape index (κ3) is 3.20. The maximum Gasteiger partial charge on any atom is 0.0130 e. The highest BCUT2D eigenvalue weighted by Gasteiger charge is 2.23. The molecule has 2 heteroatoms. The lowest BCUT2D eigenvalue weighted by Crippen LogP contribution is -2.37. The molecule has 2 unspecified atom stereocenters. The number of benzene rings is 1. The summed E-state index contributed by atoms with van der Waals surface area (Å²) in [6.07, 6.45) is 6.79. The van der Waals surface area contributed by atoms with E-state index >= 15 is 0 Å². The van der Waals surface area contributed by atoms with E-state index in [1.807, 2.05) is 0 Å². The van der Waals surface area contributed by atoms with E-state index in [2.05, 4.69) is 59.2 Å². The molecule has 0 saturated heterocycles. The van der Waals surface area contributed by atoms with Crippen LogP contribution in [-0.2, 0) is 6.42 Å². The SMILES string of the molecule is CNC1CCCCC1Cc1ccc(I)cc1. The van der Waals surface area contributed by atoms with Crippen molar-refractivity contribution in [3.63, 3.8) is 0 Å². The van der Waals surface area contributed by atoms with Gasteiger partial charge in [-0.3, -0.25) is 0 Å². The number of rotatable bonds is 3. The highest BCUT2D eigenvalue weighted by atomic mass is 127. The fourth-order valence-corrected chi connectivity index (χ4v) is 3.11. The molecule has 1 aromatic rings. The molecule has 1 aliphatic carbocycles. The van der Waals surface area contributed by atoms with E-state index in [0.717, 1.165) is 12.0 Å². The van der Waals surface area contributed by atoms with Gasteiger partial charge in [0.1, 0.15) is 0 Å². The Balaban J connectivity index is 1.99. The Bertz CT molecular complexity index is 320. The molecule has 0 bridgehead atoms. The van der Waals surface area contributed by atoms with Crippen LogP contribution in [0.1, 0.15) is 31.2 Å². The highest BCUT2D eigenvalue weighted by molar-refractivity contribution is 14.1. The summed E-state index contributed by atoms with van der Waals surface area (Å²) in [6.45, 7) is 0. The van der Waals surface area contributed by atoms with Crippen LogP contribution >= 0.6 is 22.6 Å². The second-order valence-corrected chi connectivity index (χ2v) is 6.02. The van der Waals surface area contributed by atoms with Crippen molar-refractivity contribution in [2.75, 3.05) is 7.05 Å². The van der Waals surface area contributed by atoms with Gasteiger partial charge in [-0.05, 0) is 72.5 Å². The Morgan fingerprint density at radius 2 is 1.88 bits per heavy atom. The first-order valence-electron chi connectivity index (χ1n) is 6.21. The molecule has 0 heterocycles. The predicted molar refractivity (Wildman–Crippen MR) is 77.7 cm³/mol. The summed E-state index contributed by atoms with van der Waals surface area (Å²) >= 11 is 2.37. The summed E-state index contributed by atoms with van der Waals surface area (Å²) in [5.41, 5.74) is 1.49. The van der Waals surface area contributed by atoms with Gasteiger partial charge in [0, 0.05) is 9.61 Å². The van der Waals surface area contributed by atoms with Gasteiger partial charge < -0.3 is 5.32 Å². The second kappa shape index (κ2) is 6.01. The summed E-state index contributed by atoms with van der Waals surface area (Å²) in [5, 5.41) is 3.48. The molecule has 0 aliphatic heterocycles. The smallest absolute Gasteiger partial charge is 0.0130 e. The van der Waals surface area contributed by atoms with E-state index in [4.69, 9.17) is 0 Å². The lowest BCUT2D eigenvalue weighted by Gasteiger charge is -2.31. The zero-order chi connectivity index (χ0) is 11.4. The van der Waals surface area contributed by atoms with E-state index in [-0.39, 0.29) is 0 Å². The van der Waals surface area contributed by atoms with Gasteiger partial charge in [-0.1, -0.05) is 25.0 Å². The van der Waals surface area contributed by atoms with Gasteiger partial charge in [0.15, 0.2) is 0 Å². The van der Waals surface area contributed by atoms with Crippen molar-refractivity contribution >= 4 is 22.6 Å². The zero-order valence-corrected chi connectivity index (χ0v) is 12.0. The van der Waals surface area contributed by atoms with Gasteiger partial charge in [-0.2, -0.15) is 0 Å². The Kier molecular flexibility index (Phi) is 4.65. The van der Waals surface area contributed by atoms with Crippen molar-refractivity contribution in [2.24, 2.45) is 5.92 Å². The van der Waals surface area contributed by atoms with Crippen LogP contribution in [0.5, 0.6) is 0 Å². The Morgan fingerprint density at radius 1 is 1.19 bits per heavy atom. The third-order valence-corrected chi connectivity index (χ3v) is 4.41. The third-order valence-electron chi connectivity index (χ3n) is 3.69. The molecule has 0 aromatic heterocycles. The van der Waals surface area contributed by atoms with Gasteiger partial charge in [-0.25, -0.2) is 0 Å². The Labute approximate surface area is 112 Å². The normalized spacial score (nSPS) is 25.6. The van der Waals surface area contributed by atoms with E-state index in [0.29, 0.717) is 0 Å². The average Bonchev–Trinajstić information content (AvgIpc) is 2.33. The van der Waals surface area contributed by atoms with Crippen LogP contribution in [0.25, 0.3) is 0 Å². The number of hydrogen-bond donors (Lipinski definition) is 1. The first kappa shape index (κ1) is 12.4. The van der Waals surface area contributed by atoms with Gasteiger partial charge in [-0.15, -0.1) is 0 Å². The lowest BCUT2D eigenvalue weighted by atomic mass is 9.81. The molecule has 1 fully saturated rings. The molecule has 1 N–H and O–H groups in total. The van der Waals surface area contributed by atoms with Crippen LogP contribution in [0.4, 0.5) is 0 Å². The average molecular weight is 329 g/mol. The minimum Gasteiger partial charge on any atom is -0.317 e. The van der Waals surface area contributed by atoms with Crippen molar-refractivity contribution < 1.29 is 0 Å². The monoisotopic (exact) mass is 329 g/mol. The molecule has 1 saturated carbocycles. The topological polar surface area (TPSA) is 12.0 Å². The summed E-state index contributed by atoms with van der Waals surface area (Å²) < 4.78 is 1.33. The first-order valence-corrected chi connectivity index (χ1v) is 7.29. The molecule has 1 nitrogen and oxygen atoms in total.